The Balaban J connectivity index is 1.88. The van der Waals surface area contributed by atoms with Gasteiger partial charge in [0.15, 0.2) is 5.82 Å². The lowest BCUT2D eigenvalue weighted by molar-refractivity contribution is 0.00355. The van der Waals surface area contributed by atoms with Crippen molar-refractivity contribution in [1.82, 2.24) is 20.2 Å². The Hall–Kier alpha value is -1.95. The van der Waals surface area contributed by atoms with Gasteiger partial charge in [0, 0.05) is 17.9 Å². The highest BCUT2D eigenvalue weighted by Gasteiger charge is 2.31. The maximum absolute atomic E-state index is 5.79. The summed E-state index contributed by atoms with van der Waals surface area (Å²) in [6.45, 7) is 3.59. The third-order valence-corrected chi connectivity index (χ3v) is 3.49. The van der Waals surface area contributed by atoms with E-state index in [1.165, 1.54) is 0 Å². The number of nitrogen functional groups attached to an aromatic ring is 1. The third-order valence-electron chi connectivity index (χ3n) is 3.49. The van der Waals surface area contributed by atoms with E-state index in [0.717, 1.165) is 36.5 Å². The van der Waals surface area contributed by atoms with Gasteiger partial charge in [-0.3, -0.25) is 0 Å². The van der Waals surface area contributed by atoms with Crippen molar-refractivity contribution in [3.63, 3.8) is 0 Å². The summed E-state index contributed by atoms with van der Waals surface area (Å²) in [6, 6.07) is 7.55. The predicted octanol–water partition coefficient (Wildman–Crippen LogP) is 1.49. The fourth-order valence-corrected chi connectivity index (χ4v) is 2.43. The fraction of sp³-hybridized carbons (Fsp3) is 0.462. The summed E-state index contributed by atoms with van der Waals surface area (Å²) in [6.07, 6.45) is 2.13. The number of ether oxygens (including phenoxy) is 1. The Bertz CT molecular complexity index is 557. The molecule has 100 valence electrons. The Labute approximate surface area is 111 Å². The highest BCUT2D eigenvalue weighted by Crippen LogP contribution is 2.28. The second kappa shape index (κ2) is 4.62. The number of hydrogen-bond donors (Lipinski definition) is 1. The van der Waals surface area contributed by atoms with Gasteiger partial charge in [-0.25, -0.2) is 4.68 Å². The van der Waals surface area contributed by atoms with Crippen LogP contribution in [0.15, 0.2) is 24.3 Å². The first-order chi connectivity index (χ1) is 9.16. The van der Waals surface area contributed by atoms with Crippen LogP contribution in [0.2, 0.25) is 0 Å². The fourth-order valence-electron chi connectivity index (χ4n) is 2.43. The van der Waals surface area contributed by atoms with Gasteiger partial charge in [0.05, 0.1) is 12.1 Å². The van der Waals surface area contributed by atoms with Gasteiger partial charge in [0.1, 0.15) is 0 Å². The zero-order chi connectivity index (χ0) is 13.3. The second-order valence-corrected chi connectivity index (χ2v) is 5.18. The quantitative estimate of drug-likeness (QED) is 0.845. The number of aromatic nitrogens is 4. The Morgan fingerprint density at radius 3 is 2.84 bits per heavy atom. The lowest BCUT2D eigenvalue weighted by Crippen LogP contribution is -2.30. The van der Waals surface area contributed by atoms with Crippen LogP contribution in [-0.4, -0.2) is 32.4 Å². The van der Waals surface area contributed by atoms with Gasteiger partial charge in [0.25, 0.3) is 0 Å². The highest BCUT2D eigenvalue weighted by molar-refractivity contribution is 5.58. The van der Waals surface area contributed by atoms with E-state index in [4.69, 9.17) is 10.5 Å². The number of nitrogens with zero attached hydrogens (tertiary/aromatic N) is 4. The zero-order valence-corrected chi connectivity index (χ0v) is 10.9. The summed E-state index contributed by atoms with van der Waals surface area (Å²) in [5, 5.41) is 11.9. The first-order valence-corrected chi connectivity index (χ1v) is 6.42. The van der Waals surface area contributed by atoms with Crippen LogP contribution in [-0.2, 0) is 11.3 Å². The van der Waals surface area contributed by atoms with Crippen LogP contribution in [0.1, 0.15) is 19.8 Å². The van der Waals surface area contributed by atoms with Gasteiger partial charge in [-0.15, -0.1) is 5.10 Å². The van der Waals surface area contributed by atoms with Gasteiger partial charge in [-0.2, -0.15) is 0 Å². The van der Waals surface area contributed by atoms with Crippen molar-refractivity contribution in [3.05, 3.63) is 24.3 Å². The molecule has 1 aromatic carbocycles. The molecule has 0 radical (unpaired) electrons. The Kier molecular flexibility index (Phi) is 2.94. The first-order valence-electron chi connectivity index (χ1n) is 6.42. The SMILES string of the molecule is CC1(Cn2nnnc2-c2ccc(N)cc2)CCCO1. The van der Waals surface area contributed by atoms with Gasteiger partial charge in [-0.1, -0.05) is 0 Å². The molecule has 1 fully saturated rings. The third kappa shape index (κ3) is 2.44. The summed E-state index contributed by atoms with van der Waals surface area (Å²) in [7, 11) is 0. The molecule has 0 amide bonds. The lowest BCUT2D eigenvalue weighted by Gasteiger charge is -2.22. The van der Waals surface area contributed by atoms with E-state index in [0.29, 0.717) is 6.54 Å². The maximum atomic E-state index is 5.79. The molecule has 2 N–H and O–H groups in total. The summed E-state index contributed by atoms with van der Waals surface area (Å²) in [5.41, 5.74) is 7.21. The molecule has 0 spiro atoms. The topological polar surface area (TPSA) is 78.9 Å². The lowest BCUT2D eigenvalue weighted by atomic mass is 10.0. The molecule has 0 bridgehead atoms. The summed E-state index contributed by atoms with van der Waals surface area (Å²) >= 11 is 0. The predicted molar refractivity (Wildman–Crippen MR) is 71.3 cm³/mol. The zero-order valence-electron chi connectivity index (χ0n) is 10.9. The van der Waals surface area contributed by atoms with Crippen molar-refractivity contribution >= 4 is 5.69 Å². The average molecular weight is 259 g/mol. The number of anilines is 1. The van der Waals surface area contributed by atoms with E-state index in [1.54, 1.807) is 4.68 Å². The van der Waals surface area contributed by atoms with Crippen molar-refractivity contribution in [2.45, 2.75) is 31.9 Å². The van der Waals surface area contributed by atoms with Crippen molar-refractivity contribution in [2.75, 3.05) is 12.3 Å². The van der Waals surface area contributed by atoms with Crippen LogP contribution >= 0.6 is 0 Å². The monoisotopic (exact) mass is 259 g/mol. The van der Waals surface area contributed by atoms with Crippen LogP contribution in [0, 0.1) is 0 Å². The van der Waals surface area contributed by atoms with E-state index >= 15 is 0 Å². The normalized spacial score (nSPS) is 22.8. The first kappa shape index (κ1) is 12.1. The minimum Gasteiger partial charge on any atom is -0.399 e. The van der Waals surface area contributed by atoms with E-state index in [1.807, 2.05) is 24.3 Å². The summed E-state index contributed by atoms with van der Waals surface area (Å²) in [5.74, 6) is 0.747. The van der Waals surface area contributed by atoms with Gasteiger partial charge in [0.2, 0.25) is 0 Å². The van der Waals surface area contributed by atoms with Crippen LogP contribution < -0.4 is 5.73 Å². The average Bonchev–Trinajstić information content (AvgIpc) is 3.00. The minimum atomic E-state index is -0.169. The highest BCUT2D eigenvalue weighted by atomic mass is 16.5. The molecule has 2 aromatic rings. The van der Waals surface area contributed by atoms with E-state index in [-0.39, 0.29) is 5.60 Å². The van der Waals surface area contributed by atoms with E-state index in [9.17, 15) is 0 Å². The largest absolute Gasteiger partial charge is 0.399 e. The molecule has 1 aliphatic rings. The van der Waals surface area contributed by atoms with Crippen molar-refractivity contribution < 1.29 is 4.74 Å². The minimum absolute atomic E-state index is 0.169. The Morgan fingerprint density at radius 1 is 1.37 bits per heavy atom. The molecular formula is C13H17N5O. The second-order valence-electron chi connectivity index (χ2n) is 5.18. The van der Waals surface area contributed by atoms with Crippen LogP contribution in [0.5, 0.6) is 0 Å². The maximum Gasteiger partial charge on any atom is 0.182 e. The summed E-state index contributed by atoms with van der Waals surface area (Å²) in [4.78, 5) is 0. The van der Waals surface area contributed by atoms with Crippen molar-refractivity contribution in [3.8, 4) is 11.4 Å². The molecule has 1 aliphatic heterocycles. The van der Waals surface area contributed by atoms with Crippen LogP contribution in [0.25, 0.3) is 11.4 Å². The van der Waals surface area contributed by atoms with Crippen molar-refractivity contribution in [1.29, 1.82) is 0 Å². The molecule has 19 heavy (non-hydrogen) atoms. The molecule has 1 aromatic heterocycles. The molecule has 1 atom stereocenters. The van der Waals surface area contributed by atoms with Gasteiger partial charge < -0.3 is 10.5 Å². The van der Waals surface area contributed by atoms with Gasteiger partial charge >= 0.3 is 0 Å². The van der Waals surface area contributed by atoms with Crippen LogP contribution in [0.3, 0.4) is 0 Å². The van der Waals surface area contributed by atoms with Crippen molar-refractivity contribution in [2.24, 2.45) is 0 Å². The molecule has 1 unspecified atom stereocenters. The molecule has 2 heterocycles. The molecule has 0 saturated carbocycles. The number of benzene rings is 1. The molecular weight excluding hydrogens is 242 g/mol. The Morgan fingerprint density at radius 2 is 2.16 bits per heavy atom. The molecule has 0 aliphatic carbocycles. The van der Waals surface area contributed by atoms with Gasteiger partial charge in [-0.05, 0) is 54.5 Å². The smallest absolute Gasteiger partial charge is 0.182 e. The van der Waals surface area contributed by atoms with E-state index in [2.05, 4.69) is 22.4 Å². The van der Waals surface area contributed by atoms with E-state index < -0.39 is 0 Å². The standard InChI is InChI=1S/C13H17N5O/c1-13(7-2-8-19-13)9-18-12(15-16-17-18)10-3-5-11(14)6-4-10/h3-6H,2,7-9,14H2,1H3. The summed E-state index contributed by atoms with van der Waals surface area (Å²) < 4.78 is 7.59. The number of rotatable bonds is 3. The number of hydrogen-bond acceptors (Lipinski definition) is 5. The molecule has 1 saturated heterocycles. The molecule has 3 rings (SSSR count). The number of tetrazole rings is 1. The molecule has 6 heteroatoms. The molecule has 6 nitrogen and oxygen atoms in total. The van der Waals surface area contributed by atoms with Crippen LogP contribution in [0.4, 0.5) is 5.69 Å². The number of nitrogens with two attached hydrogens (primary N) is 1.